The van der Waals surface area contributed by atoms with Crippen LogP contribution in [-0.2, 0) is 9.47 Å². The zero-order valence-corrected chi connectivity index (χ0v) is 13.0. The van der Waals surface area contributed by atoms with E-state index in [1.807, 2.05) is 0 Å². The number of ether oxygens (including phenoxy) is 2. The van der Waals surface area contributed by atoms with E-state index in [9.17, 15) is 0 Å². The Bertz CT molecular complexity index is 199. The van der Waals surface area contributed by atoms with Gasteiger partial charge in [-0.1, -0.05) is 26.2 Å². The van der Waals surface area contributed by atoms with Gasteiger partial charge < -0.3 is 14.8 Å². The SMILES string of the molecule is CCCNC1CCCCCC1CCCOCCOC. The molecule has 1 aliphatic rings. The first kappa shape index (κ1) is 16.9. The van der Waals surface area contributed by atoms with Crippen molar-refractivity contribution in [2.45, 2.75) is 64.3 Å². The van der Waals surface area contributed by atoms with Crippen LogP contribution in [0.3, 0.4) is 0 Å². The van der Waals surface area contributed by atoms with Gasteiger partial charge in [0.25, 0.3) is 0 Å². The summed E-state index contributed by atoms with van der Waals surface area (Å²) in [6, 6.07) is 0.751. The zero-order valence-electron chi connectivity index (χ0n) is 13.0. The third kappa shape index (κ3) is 7.91. The summed E-state index contributed by atoms with van der Waals surface area (Å²) in [5.41, 5.74) is 0. The molecule has 0 aromatic carbocycles. The number of nitrogens with one attached hydrogen (secondary N) is 1. The molecule has 0 aromatic rings. The maximum atomic E-state index is 5.57. The number of rotatable bonds is 10. The molecule has 0 saturated heterocycles. The lowest BCUT2D eigenvalue weighted by molar-refractivity contribution is 0.0662. The molecule has 1 fully saturated rings. The molecule has 0 radical (unpaired) electrons. The molecule has 1 rings (SSSR count). The van der Waals surface area contributed by atoms with Gasteiger partial charge >= 0.3 is 0 Å². The quantitative estimate of drug-likeness (QED) is 0.488. The molecular formula is C16H33NO2. The number of hydrogen-bond acceptors (Lipinski definition) is 3. The van der Waals surface area contributed by atoms with Crippen molar-refractivity contribution in [2.75, 3.05) is 33.5 Å². The second kappa shape index (κ2) is 11.7. The first-order valence-electron chi connectivity index (χ1n) is 8.18. The fourth-order valence-electron chi connectivity index (χ4n) is 3.02. The highest BCUT2D eigenvalue weighted by Crippen LogP contribution is 2.27. The average Bonchev–Trinajstić information content (AvgIpc) is 2.65. The van der Waals surface area contributed by atoms with Crippen molar-refractivity contribution >= 4 is 0 Å². The van der Waals surface area contributed by atoms with Crippen LogP contribution in [0.25, 0.3) is 0 Å². The molecule has 2 atom stereocenters. The lowest BCUT2D eigenvalue weighted by Crippen LogP contribution is -2.36. The van der Waals surface area contributed by atoms with Gasteiger partial charge in [-0.15, -0.1) is 0 Å². The van der Waals surface area contributed by atoms with Gasteiger partial charge in [-0.25, -0.2) is 0 Å². The van der Waals surface area contributed by atoms with Crippen LogP contribution in [0.2, 0.25) is 0 Å². The Morgan fingerprint density at radius 2 is 1.89 bits per heavy atom. The van der Waals surface area contributed by atoms with E-state index in [1.165, 1.54) is 57.9 Å². The van der Waals surface area contributed by atoms with Crippen LogP contribution in [0.1, 0.15) is 58.3 Å². The first-order chi connectivity index (χ1) is 9.38. The molecule has 114 valence electrons. The van der Waals surface area contributed by atoms with E-state index >= 15 is 0 Å². The van der Waals surface area contributed by atoms with Crippen LogP contribution in [-0.4, -0.2) is 39.5 Å². The van der Waals surface area contributed by atoms with Crippen molar-refractivity contribution in [3.05, 3.63) is 0 Å². The average molecular weight is 271 g/mol. The van der Waals surface area contributed by atoms with Gasteiger partial charge in [0.2, 0.25) is 0 Å². The molecule has 2 unspecified atom stereocenters. The molecule has 3 heteroatoms. The van der Waals surface area contributed by atoms with Gasteiger partial charge in [-0.3, -0.25) is 0 Å². The summed E-state index contributed by atoms with van der Waals surface area (Å²) in [5.74, 6) is 0.861. The Hall–Kier alpha value is -0.120. The maximum absolute atomic E-state index is 5.57. The molecule has 0 aliphatic heterocycles. The highest BCUT2D eigenvalue weighted by molar-refractivity contribution is 4.79. The largest absolute Gasteiger partial charge is 0.382 e. The summed E-state index contributed by atoms with van der Waals surface area (Å²) in [6.07, 6.45) is 10.8. The predicted octanol–water partition coefficient (Wildman–Crippen LogP) is 3.38. The van der Waals surface area contributed by atoms with Crippen LogP contribution >= 0.6 is 0 Å². The van der Waals surface area contributed by atoms with E-state index in [2.05, 4.69) is 12.2 Å². The minimum atomic E-state index is 0.712. The Balaban J connectivity index is 2.18. The molecule has 0 bridgehead atoms. The minimum Gasteiger partial charge on any atom is -0.382 e. The van der Waals surface area contributed by atoms with Crippen molar-refractivity contribution in [1.29, 1.82) is 0 Å². The normalized spacial score (nSPS) is 24.3. The Morgan fingerprint density at radius 1 is 1.05 bits per heavy atom. The molecule has 0 amide bonds. The molecule has 1 aliphatic carbocycles. The summed E-state index contributed by atoms with van der Waals surface area (Å²) in [7, 11) is 1.72. The minimum absolute atomic E-state index is 0.712. The van der Waals surface area contributed by atoms with E-state index in [4.69, 9.17) is 9.47 Å². The number of methoxy groups -OCH3 is 1. The van der Waals surface area contributed by atoms with Crippen molar-refractivity contribution < 1.29 is 9.47 Å². The van der Waals surface area contributed by atoms with Gasteiger partial charge in [-0.2, -0.15) is 0 Å². The van der Waals surface area contributed by atoms with Gasteiger partial charge in [0.05, 0.1) is 13.2 Å². The molecule has 0 heterocycles. The van der Waals surface area contributed by atoms with E-state index in [0.717, 1.165) is 25.2 Å². The standard InChI is InChI=1S/C16H33NO2/c1-3-11-17-16-10-6-4-5-8-15(16)9-7-12-19-14-13-18-2/h15-17H,3-14H2,1-2H3. The Morgan fingerprint density at radius 3 is 2.68 bits per heavy atom. The summed E-state index contributed by atoms with van der Waals surface area (Å²) in [6.45, 7) is 5.76. The van der Waals surface area contributed by atoms with E-state index in [-0.39, 0.29) is 0 Å². The molecule has 1 N–H and O–H groups in total. The summed E-state index contributed by atoms with van der Waals surface area (Å²) in [4.78, 5) is 0. The Labute approximate surface area is 119 Å². The smallest absolute Gasteiger partial charge is 0.0700 e. The van der Waals surface area contributed by atoms with Crippen LogP contribution in [0, 0.1) is 5.92 Å². The van der Waals surface area contributed by atoms with Crippen LogP contribution in [0.4, 0.5) is 0 Å². The molecular weight excluding hydrogens is 238 g/mol. The lowest BCUT2D eigenvalue weighted by atomic mass is 9.90. The fourth-order valence-corrected chi connectivity index (χ4v) is 3.02. The van der Waals surface area contributed by atoms with Crippen molar-refractivity contribution in [2.24, 2.45) is 5.92 Å². The van der Waals surface area contributed by atoms with Gasteiger partial charge in [0.15, 0.2) is 0 Å². The van der Waals surface area contributed by atoms with Crippen molar-refractivity contribution in [1.82, 2.24) is 5.32 Å². The van der Waals surface area contributed by atoms with Gasteiger partial charge in [0, 0.05) is 19.8 Å². The summed E-state index contributed by atoms with van der Waals surface area (Å²) < 4.78 is 10.5. The monoisotopic (exact) mass is 271 g/mol. The Kier molecular flexibility index (Phi) is 10.4. The maximum Gasteiger partial charge on any atom is 0.0700 e. The third-order valence-corrected chi connectivity index (χ3v) is 4.11. The van der Waals surface area contributed by atoms with Gasteiger partial charge in [0.1, 0.15) is 0 Å². The highest BCUT2D eigenvalue weighted by Gasteiger charge is 2.22. The fraction of sp³-hybridized carbons (Fsp3) is 1.00. The summed E-state index contributed by atoms with van der Waals surface area (Å²) in [5, 5.41) is 3.76. The van der Waals surface area contributed by atoms with E-state index < -0.39 is 0 Å². The molecule has 1 saturated carbocycles. The second-order valence-corrected chi connectivity index (χ2v) is 5.71. The van der Waals surface area contributed by atoms with E-state index in [0.29, 0.717) is 6.61 Å². The highest BCUT2D eigenvalue weighted by atomic mass is 16.5. The first-order valence-corrected chi connectivity index (χ1v) is 8.18. The molecule has 0 aromatic heterocycles. The molecule has 0 spiro atoms. The molecule has 3 nitrogen and oxygen atoms in total. The summed E-state index contributed by atoms with van der Waals surface area (Å²) >= 11 is 0. The third-order valence-electron chi connectivity index (χ3n) is 4.11. The molecule has 19 heavy (non-hydrogen) atoms. The number of hydrogen-bond donors (Lipinski definition) is 1. The van der Waals surface area contributed by atoms with E-state index in [1.54, 1.807) is 7.11 Å². The zero-order chi connectivity index (χ0) is 13.8. The second-order valence-electron chi connectivity index (χ2n) is 5.71. The lowest BCUT2D eigenvalue weighted by Gasteiger charge is -2.26. The van der Waals surface area contributed by atoms with Crippen LogP contribution in [0.15, 0.2) is 0 Å². The van der Waals surface area contributed by atoms with Crippen molar-refractivity contribution in [3.8, 4) is 0 Å². The van der Waals surface area contributed by atoms with Crippen LogP contribution < -0.4 is 5.32 Å². The van der Waals surface area contributed by atoms with Crippen LogP contribution in [0.5, 0.6) is 0 Å². The van der Waals surface area contributed by atoms with Crippen molar-refractivity contribution in [3.63, 3.8) is 0 Å². The topological polar surface area (TPSA) is 30.5 Å². The predicted molar refractivity (Wildman–Crippen MR) is 80.6 cm³/mol. The van der Waals surface area contributed by atoms with Gasteiger partial charge in [-0.05, 0) is 44.6 Å².